The molecule has 2 atom stereocenters. The van der Waals surface area contributed by atoms with Crippen LogP contribution in [-0.4, -0.2) is 30.5 Å². The quantitative estimate of drug-likeness (QED) is 0.772. The molecule has 1 N–H and O–H groups in total. The highest BCUT2D eigenvalue weighted by Crippen LogP contribution is 2.44. The first-order valence-electron chi connectivity index (χ1n) is 6.81. The Hall–Kier alpha value is -0.480. The van der Waals surface area contributed by atoms with Gasteiger partial charge in [-0.05, 0) is 49.2 Å². The maximum atomic E-state index is 12.9. The van der Waals surface area contributed by atoms with E-state index in [0.717, 1.165) is 6.54 Å². The van der Waals surface area contributed by atoms with Crippen LogP contribution in [0.5, 0.6) is 5.75 Å². The van der Waals surface area contributed by atoms with Crippen molar-refractivity contribution in [3.8, 4) is 5.75 Å². The van der Waals surface area contributed by atoms with Crippen molar-refractivity contribution in [3.05, 3.63) is 30.1 Å². The Morgan fingerprint density at radius 1 is 1.45 bits per heavy atom. The fraction of sp³-hybridized carbons (Fsp3) is 0.500. The zero-order chi connectivity index (χ0) is 14.4. The monoisotopic (exact) mass is 317 g/mol. The topological polar surface area (TPSA) is 30.5 Å². The molecular formula is C14H21FNO2PS. The Bertz CT molecular complexity index is 463. The SMILES string of the molecule is C=P(NCC)(OC[C@@H]1CCCS1)Oc1ccc(F)cc1. The lowest BCUT2D eigenvalue weighted by molar-refractivity contribution is 0.301. The Labute approximate surface area is 124 Å². The van der Waals surface area contributed by atoms with Crippen LogP contribution < -0.4 is 9.61 Å². The summed E-state index contributed by atoms with van der Waals surface area (Å²) in [4.78, 5) is 0. The first kappa shape index (κ1) is 15.9. The fourth-order valence-corrected chi connectivity index (χ4v) is 4.83. The van der Waals surface area contributed by atoms with Crippen LogP contribution in [0, 0.1) is 5.82 Å². The molecule has 20 heavy (non-hydrogen) atoms. The summed E-state index contributed by atoms with van der Waals surface area (Å²) in [7, 11) is -2.39. The third kappa shape index (κ3) is 4.81. The minimum Gasteiger partial charge on any atom is -0.441 e. The van der Waals surface area contributed by atoms with Crippen molar-refractivity contribution in [2.24, 2.45) is 0 Å². The van der Waals surface area contributed by atoms with Gasteiger partial charge in [-0.15, -0.1) is 0 Å². The van der Waals surface area contributed by atoms with Gasteiger partial charge in [0.1, 0.15) is 11.6 Å². The van der Waals surface area contributed by atoms with Gasteiger partial charge in [-0.25, -0.2) is 9.48 Å². The Morgan fingerprint density at radius 2 is 2.20 bits per heavy atom. The molecular weight excluding hydrogens is 296 g/mol. The summed E-state index contributed by atoms with van der Waals surface area (Å²) in [5.41, 5.74) is 0. The van der Waals surface area contributed by atoms with Crippen LogP contribution in [0.4, 0.5) is 4.39 Å². The average molecular weight is 317 g/mol. The summed E-state index contributed by atoms with van der Waals surface area (Å²) in [6.07, 6.45) is 6.53. The highest BCUT2D eigenvalue weighted by molar-refractivity contribution is 8.00. The minimum absolute atomic E-state index is 0.280. The van der Waals surface area contributed by atoms with Crippen LogP contribution in [0.15, 0.2) is 24.3 Å². The predicted octanol–water partition coefficient (Wildman–Crippen LogP) is 3.92. The second-order valence-corrected chi connectivity index (χ2v) is 8.17. The van der Waals surface area contributed by atoms with Crippen LogP contribution in [-0.2, 0) is 4.52 Å². The number of thioether (sulfide) groups is 1. The Morgan fingerprint density at radius 3 is 2.80 bits per heavy atom. The Balaban J connectivity index is 1.96. The van der Waals surface area contributed by atoms with Gasteiger partial charge in [0.15, 0.2) is 0 Å². The van der Waals surface area contributed by atoms with Crippen LogP contribution in [0.3, 0.4) is 0 Å². The third-order valence-corrected chi connectivity index (χ3v) is 6.20. The molecule has 0 radical (unpaired) electrons. The summed E-state index contributed by atoms with van der Waals surface area (Å²) < 4.78 is 24.7. The summed E-state index contributed by atoms with van der Waals surface area (Å²) in [5, 5.41) is 3.73. The van der Waals surface area contributed by atoms with Crippen molar-refractivity contribution >= 4 is 25.6 Å². The molecule has 1 aliphatic rings. The van der Waals surface area contributed by atoms with Gasteiger partial charge in [0, 0.05) is 11.8 Å². The summed E-state index contributed by atoms with van der Waals surface area (Å²) in [5.74, 6) is 1.50. The number of halogens is 1. The molecule has 0 aromatic heterocycles. The second kappa shape index (κ2) is 7.51. The smallest absolute Gasteiger partial charge is 0.237 e. The third-order valence-electron chi connectivity index (χ3n) is 2.96. The van der Waals surface area contributed by atoms with E-state index >= 15 is 0 Å². The zero-order valence-electron chi connectivity index (χ0n) is 11.7. The molecule has 3 nitrogen and oxygen atoms in total. The van der Waals surface area contributed by atoms with Crippen molar-refractivity contribution in [3.63, 3.8) is 0 Å². The number of benzene rings is 1. The van der Waals surface area contributed by atoms with E-state index < -0.39 is 7.49 Å². The number of hydrogen-bond acceptors (Lipinski definition) is 4. The van der Waals surface area contributed by atoms with Gasteiger partial charge in [0.05, 0.1) is 6.61 Å². The number of hydrogen-bond donors (Lipinski definition) is 1. The van der Waals surface area contributed by atoms with E-state index in [0.29, 0.717) is 17.6 Å². The maximum Gasteiger partial charge on any atom is 0.237 e. The molecule has 1 heterocycles. The highest BCUT2D eigenvalue weighted by Gasteiger charge is 2.22. The van der Waals surface area contributed by atoms with E-state index in [1.165, 1.54) is 30.7 Å². The van der Waals surface area contributed by atoms with Crippen molar-refractivity contribution in [2.75, 3.05) is 18.9 Å². The van der Waals surface area contributed by atoms with Crippen LogP contribution in [0.25, 0.3) is 0 Å². The number of rotatable bonds is 7. The van der Waals surface area contributed by atoms with Crippen molar-refractivity contribution in [1.29, 1.82) is 0 Å². The van der Waals surface area contributed by atoms with Crippen molar-refractivity contribution in [2.45, 2.75) is 25.0 Å². The average Bonchev–Trinajstić information content (AvgIpc) is 2.93. The highest BCUT2D eigenvalue weighted by atomic mass is 32.2. The molecule has 112 valence electrons. The van der Waals surface area contributed by atoms with E-state index in [4.69, 9.17) is 9.05 Å². The molecule has 0 saturated carbocycles. The van der Waals surface area contributed by atoms with Gasteiger partial charge >= 0.3 is 0 Å². The van der Waals surface area contributed by atoms with Gasteiger partial charge in [0.2, 0.25) is 7.49 Å². The minimum atomic E-state index is -2.39. The standard InChI is InChI=1S/C14H21FNO2PS/c1-3-16-19(2,17-11-14-5-4-10-20-14)18-13-8-6-12(15)7-9-13/h6-9,14,16H,2-5,10-11H2,1H3/t14-,19?/m0/s1. The Kier molecular flexibility index (Phi) is 5.97. The van der Waals surface area contributed by atoms with Gasteiger partial charge < -0.3 is 9.05 Å². The molecule has 1 aromatic rings. The normalized spacial score (nSPS) is 21.6. The molecule has 1 fully saturated rings. The predicted molar refractivity (Wildman–Crippen MR) is 86.2 cm³/mol. The van der Waals surface area contributed by atoms with Crippen molar-refractivity contribution < 1.29 is 13.4 Å². The second-order valence-electron chi connectivity index (χ2n) is 4.66. The van der Waals surface area contributed by atoms with E-state index in [-0.39, 0.29) is 5.82 Å². The van der Waals surface area contributed by atoms with Crippen LogP contribution in [0.2, 0.25) is 0 Å². The first-order valence-corrected chi connectivity index (χ1v) is 9.67. The zero-order valence-corrected chi connectivity index (χ0v) is 13.4. The molecule has 2 rings (SSSR count). The lowest BCUT2D eigenvalue weighted by Crippen LogP contribution is -2.19. The summed E-state index contributed by atoms with van der Waals surface area (Å²) in [6.45, 7) is 3.36. The molecule has 0 aliphatic carbocycles. The molecule has 1 unspecified atom stereocenters. The lowest BCUT2D eigenvalue weighted by atomic mass is 10.3. The van der Waals surface area contributed by atoms with E-state index in [9.17, 15) is 4.39 Å². The summed E-state index contributed by atoms with van der Waals surface area (Å²) in [6, 6.07) is 5.94. The lowest BCUT2D eigenvalue weighted by Gasteiger charge is -2.26. The summed E-state index contributed by atoms with van der Waals surface area (Å²) >= 11 is 1.94. The van der Waals surface area contributed by atoms with Gasteiger partial charge in [-0.1, -0.05) is 6.92 Å². The first-order chi connectivity index (χ1) is 9.61. The van der Waals surface area contributed by atoms with E-state index in [1.54, 1.807) is 12.1 Å². The number of nitrogens with one attached hydrogen (secondary N) is 1. The van der Waals surface area contributed by atoms with Crippen LogP contribution >= 0.6 is 19.3 Å². The largest absolute Gasteiger partial charge is 0.441 e. The maximum absolute atomic E-state index is 12.9. The van der Waals surface area contributed by atoms with Gasteiger partial charge in [-0.3, -0.25) is 0 Å². The van der Waals surface area contributed by atoms with Crippen LogP contribution in [0.1, 0.15) is 19.8 Å². The fourth-order valence-electron chi connectivity index (χ4n) is 1.99. The molecule has 1 saturated heterocycles. The molecule has 0 spiro atoms. The van der Waals surface area contributed by atoms with Crippen molar-refractivity contribution in [1.82, 2.24) is 5.09 Å². The van der Waals surface area contributed by atoms with E-state index in [1.807, 2.05) is 18.7 Å². The molecule has 1 aliphatic heterocycles. The molecule has 0 bridgehead atoms. The molecule has 6 heteroatoms. The van der Waals surface area contributed by atoms with Gasteiger partial charge in [-0.2, -0.15) is 11.8 Å². The molecule has 1 aromatic carbocycles. The van der Waals surface area contributed by atoms with E-state index in [2.05, 4.69) is 11.4 Å². The van der Waals surface area contributed by atoms with Gasteiger partial charge in [0.25, 0.3) is 0 Å². The molecule has 0 amide bonds.